The third-order valence-electron chi connectivity index (χ3n) is 5.15. The molecule has 1 amide bonds. The largest absolute Gasteiger partial charge is 0.493 e. The summed E-state index contributed by atoms with van der Waals surface area (Å²) < 4.78 is 11.3. The summed E-state index contributed by atoms with van der Waals surface area (Å²) in [5.74, 6) is 0.967. The minimum absolute atomic E-state index is 0.0371. The summed E-state index contributed by atoms with van der Waals surface area (Å²) in [6.07, 6.45) is 7.25. The Labute approximate surface area is 160 Å². The van der Waals surface area contributed by atoms with E-state index < -0.39 is 5.54 Å². The fourth-order valence-corrected chi connectivity index (χ4v) is 3.53. The molecule has 2 unspecified atom stereocenters. The first-order valence-electron chi connectivity index (χ1n) is 9.29. The number of aromatic nitrogens is 1. The van der Waals surface area contributed by atoms with Crippen LogP contribution in [0.25, 0.3) is 0 Å². The van der Waals surface area contributed by atoms with Crippen molar-refractivity contribution in [2.45, 2.75) is 44.8 Å². The fourth-order valence-electron chi connectivity index (χ4n) is 3.53. The second-order valence-electron chi connectivity index (χ2n) is 7.30. The van der Waals surface area contributed by atoms with Crippen LogP contribution in [-0.2, 0) is 11.4 Å². The number of methoxy groups -OCH3 is 1. The van der Waals surface area contributed by atoms with Crippen molar-refractivity contribution in [1.29, 1.82) is 0 Å². The highest BCUT2D eigenvalue weighted by Crippen LogP contribution is 2.34. The van der Waals surface area contributed by atoms with Gasteiger partial charge in [-0.2, -0.15) is 0 Å². The highest BCUT2D eigenvalue weighted by atomic mass is 16.5. The number of nitrogens with zero attached hydrogens (tertiary/aromatic N) is 1. The number of hydrogen-bond acceptors (Lipinski definition) is 5. The summed E-state index contributed by atoms with van der Waals surface area (Å²) in [6, 6.07) is 9.17. The lowest BCUT2D eigenvalue weighted by atomic mass is 9.74. The molecule has 1 aliphatic rings. The van der Waals surface area contributed by atoms with Crippen molar-refractivity contribution in [3.8, 4) is 11.5 Å². The molecule has 2 atom stereocenters. The van der Waals surface area contributed by atoms with Gasteiger partial charge in [-0.05, 0) is 49.6 Å². The Bertz CT molecular complexity index is 777. The van der Waals surface area contributed by atoms with Crippen LogP contribution in [0.1, 0.15) is 38.2 Å². The molecule has 27 heavy (non-hydrogen) atoms. The molecule has 0 radical (unpaired) electrons. The quantitative estimate of drug-likeness (QED) is 0.814. The molecule has 6 heteroatoms. The van der Waals surface area contributed by atoms with Gasteiger partial charge in [-0.25, -0.2) is 0 Å². The summed E-state index contributed by atoms with van der Waals surface area (Å²) in [6.45, 7) is 2.35. The predicted molar refractivity (Wildman–Crippen MR) is 105 cm³/mol. The molecule has 0 saturated heterocycles. The zero-order valence-electron chi connectivity index (χ0n) is 15.9. The number of anilines is 1. The van der Waals surface area contributed by atoms with Gasteiger partial charge in [0.2, 0.25) is 5.91 Å². The van der Waals surface area contributed by atoms with Gasteiger partial charge in [-0.1, -0.05) is 12.8 Å². The fraction of sp³-hybridized carbons (Fsp3) is 0.429. The maximum Gasteiger partial charge on any atom is 0.229 e. The zero-order chi connectivity index (χ0) is 19.3. The van der Waals surface area contributed by atoms with Crippen LogP contribution in [0, 0.1) is 5.92 Å². The summed E-state index contributed by atoms with van der Waals surface area (Å²) in [5, 5.41) is 2.99. The molecule has 3 rings (SSSR count). The van der Waals surface area contributed by atoms with Crippen LogP contribution in [0.2, 0.25) is 0 Å². The van der Waals surface area contributed by atoms with Gasteiger partial charge >= 0.3 is 0 Å². The lowest BCUT2D eigenvalue weighted by Gasteiger charge is -2.37. The van der Waals surface area contributed by atoms with Gasteiger partial charge in [-0.15, -0.1) is 0 Å². The second-order valence-corrected chi connectivity index (χ2v) is 7.30. The molecule has 1 aromatic carbocycles. The minimum Gasteiger partial charge on any atom is -0.493 e. The maximum absolute atomic E-state index is 12.8. The molecule has 0 spiro atoms. The van der Waals surface area contributed by atoms with Crippen LogP contribution >= 0.6 is 0 Å². The Morgan fingerprint density at radius 2 is 2.04 bits per heavy atom. The molecule has 1 aromatic heterocycles. The van der Waals surface area contributed by atoms with Gasteiger partial charge in [0.05, 0.1) is 13.0 Å². The molecular formula is C21H27N3O3. The van der Waals surface area contributed by atoms with Crippen molar-refractivity contribution in [3.63, 3.8) is 0 Å². The van der Waals surface area contributed by atoms with Crippen molar-refractivity contribution in [1.82, 2.24) is 4.98 Å². The molecule has 6 nitrogen and oxygen atoms in total. The Balaban J connectivity index is 1.71. The normalized spacial score (nSPS) is 22.1. The molecule has 2 aromatic rings. The van der Waals surface area contributed by atoms with E-state index in [-0.39, 0.29) is 11.8 Å². The van der Waals surface area contributed by atoms with Crippen LogP contribution < -0.4 is 20.5 Å². The summed E-state index contributed by atoms with van der Waals surface area (Å²) in [5.41, 5.74) is 7.57. The average Bonchev–Trinajstić information content (AvgIpc) is 2.67. The van der Waals surface area contributed by atoms with E-state index in [1.54, 1.807) is 31.6 Å². The first-order chi connectivity index (χ1) is 13.0. The number of nitrogens with two attached hydrogens (primary N) is 1. The summed E-state index contributed by atoms with van der Waals surface area (Å²) in [7, 11) is 1.59. The number of amides is 1. The molecule has 144 valence electrons. The molecule has 1 saturated carbocycles. The van der Waals surface area contributed by atoms with E-state index in [0.29, 0.717) is 23.8 Å². The Kier molecular flexibility index (Phi) is 5.96. The summed E-state index contributed by atoms with van der Waals surface area (Å²) in [4.78, 5) is 16.8. The Morgan fingerprint density at radius 3 is 2.74 bits per heavy atom. The van der Waals surface area contributed by atoms with Gasteiger partial charge in [0, 0.05) is 29.7 Å². The van der Waals surface area contributed by atoms with E-state index >= 15 is 0 Å². The number of carbonyl (C=O) groups is 1. The van der Waals surface area contributed by atoms with Crippen LogP contribution in [0.15, 0.2) is 42.7 Å². The molecule has 1 fully saturated rings. The second kappa shape index (κ2) is 8.39. The van der Waals surface area contributed by atoms with E-state index in [9.17, 15) is 4.79 Å². The number of benzene rings is 1. The summed E-state index contributed by atoms with van der Waals surface area (Å²) >= 11 is 0. The van der Waals surface area contributed by atoms with E-state index in [1.165, 1.54) is 0 Å². The van der Waals surface area contributed by atoms with Crippen LogP contribution in [0.3, 0.4) is 0 Å². The van der Waals surface area contributed by atoms with Gasteiger partial charge in [0.1, 0.15) is 6.61 Å². The first kappa shape index (κ1) is 19.2. The topological polar surface area (TPSA) is 86.5 Å². The van der Waals surface area contributed by atoms with Crippen molar-refractivity contribution in [2.24, 2.45) is 11.7 Å². The molecule has 1 aliphatic carbocycles. The number of nitrogens with one attached hydrogen (secondary N) is 1. The number of carbonyl (C=O) groups excluding carboxylic acids is 1. The van der Waals surface area contributed by atoms with Crippen LogP contribution in [0.5, 0.6) is 11.5 Å². The first-order valence-corrected chi connectivity index (χ1v) is 9.29. The third kappa shape index (κ3) is 4.77. The minimum atomic E-state index is -0.463. The lowest BCUT2D eigenvalue weighted by Crippen LogP contribution is -2.51. The van der Waals surface area contributed by atoms with Crippen molar-refractivity contribution in [3.05, 3.63) is 48.3 Å². The monoisotopic (exact) mass is 369 g/mol. The van der Waals surface area contributed by atoms with E-state index in [2.05, 4.69) is 10.3 Å². The highest BCUT2D eigenvalue weighted by Gasteiger charge is 2.37. The smallest absolute Gasteiger partial charge is 0.229 e. The number of rotatable bonds is 6. The predicted octanol–water partition coefficient (Wildman–Crippen LogP) is 3.52. The van der Waals surface area contributed by atoms with Crippen LogP contribution in [0.4, 0.5) is 5.69 Å². The average molecular weight is 369 g/mol. The van der Waals surface area contributed by atoms with Crippen LogP contribution in [-0.4, -0.2) is 23.5 Å². The van der Waals surface area contributed by atoms with Gasteiger partial charge in [0.15, 0.2) is 11.5 Å². The molecule has 1 heterocycles. The number of ether oxygens (including phenoxy) is 2. The highest BCUT2D eigenvalue weighted by molar-refractivity contribution is 5.93. The molecular weight excluding hydrogens is 342 g/mol. The van der Waals surface area contributed by atoms with Gasteiger partial charge < -0.3 is 20.5 Å². The van der Waals surface area contributed by atoms with E-state index in [0.717, 1.165) is 31.2 Å². The zero-order valence-corrected chi connectivity index (χ0v) is 15.9. The third-order valence-corrected chi connectivity index (χ3v) is 5.15. The van der Waals surface area contributed by atoms with Crippen molar-refractivity contribution in [2.75, 3.05) is 12.4 Å². The molecule has 0 aliphatic heterocycles. The van der Waals surface area contributed by atoms with Gasteiger partial charge in [-0.3, -0.25) is 9.78 Å². The van der Waals surface area contributed by atoms with E-state index in [1.807, 2.05) is 25.1 Å². The number of hydrogen-bond donors (Lipinski definition) is 2. The lowest BCUT2D eigenvalue weighted by molar-refractivity contribution is -0.122. The maximum atomic E-state index is 12.8. The Morgan fingerprint density at radius 1 is 1.26 bits per heavy atom. The Hall–Kier alpha value is -2.60. The van der Waals surface area contributed by atoms with Crippen molar-refractivity contribution >= 4 is 11.6 Å². The molecule has 3 N–H and O–H groups in total. The SMILES string of the molecule is COc1ccc(NC(=O)C2CCCCC2(C)N)cc1OCc1ccncc1. The number of pyridine rings is 1. The van der Waals surface area contributed by atoms with Crippen molar-refractivity contribution < 1.29 is 14.3 Å². The molecule has 0 bridgehead atoms. The van der Waals surface area contributed by atoms with E-state index in [4.69, 9.17) is 15.2 Å². The van der Waals surface area contributed by atoms with Gasteiger partial charge in [0.25, 0.3) is 0 Å². The standard InChI is InChI=1S/C21H27N3O3/c1-21(22)10-4-3-5-17(21)20(25)24-16-6-7-18(26-2)19(13-16)27-14-15-8-11-23-12-9-15/h6-9,11-13,17H,3-5,10,14,22H2,1-2H3,(H,24,25).